The Morgan fingerprint density at radius 1 is 1.43 bits per heavy atom. The maximum absolute atomic E-state index is 10.9. The largest absolute Gasteiger partial charge is 0.488 e. The Hall–Kier alpha value is -2.27. The first-order valence-corrected chi connectivity index (χ1v) is 6.91. The summed E-state index contributed by atoms with van der Waals surface area (Å²) in [6.45, 7) is 2.84. The number of carbonyl (C=O) groups is 1. The molecule has 110 valence electrons. The third-order valence-electron chi connectivity index (χ3n) is 3.58. The smallest absolute Gasteiger partial charge is 0.339 e. The highest BCUT2D eigenvalue weighted by Gasteiger charge is 2.22. The molecule has 21 heavy (non-hydrogen) atoms. The van der Waals surface area contributed by atoms with Crippen LogP contribution in [0.3, 0.4) is 0 Å². The van der Waals surface area contributed by atoms with Gasteiger partial charge in [-0.1, -0.05) is 18.2 Å². The van der Waals surface area contributed by atoms with Crippen molar-refractivity contribution < 1.29 is 19.1 Å². The summed E-state index contributed by atoms with van der Waals surface area (Å²) in [5.41, 5.74) is 1.45. The molecule has 1 aliphatic heterocycles. The molecule has 0 bridgehead atoms. The van der Waals surface area contributed by atoms with Crippen LogP contribution in [0.5, 0.6) is 5.75 Å². The van der Waals surface area contributed by atoms with Crippen LogP contribution < -0.4 is 10.1 Å². The molecule has 1 atom stereocenters. The van der Waals surface area contributed by atoms with Gasteiger partial charge in [0.15, 0.2) is 0 Å². The number of hydrogen-bond donors (Lipinski definition) is 2. The fourth-order valence-corrected chi connectivity index (χ4v) is 2.57. The fraction of sp³-hybridized carbons (Fsp3) is 0.312. The predicted octanol–water partition coefficient (Wildman–Crippen LogP) is 2.38. The topological polar surface area (TPSA) is 71.7 Å². The summed E-state index contributed by atoms with van der Waals surface area (Å²) >= 11 is 0. The molecule has 5 heteroatoms. The van der Waals surface area contributed by atoms with Gasteiger partial charge in [0.2, 0.25) is 0 Å². The van der Waals surface area contributed by atoms with Crippen molar-refractivity contribution in [1.82, 2.24) is 5.32 Å². The molecule has 5 nitrogen and oxygen atoms in total. The standard InChI is InChI=1S/C16H17NO4/c1-10-14(16(18)19)7-13(20-10)9-17-8-12-6-11-4-2-3-5-15(11)21-12/h2-5,7,12,17H,6,8-9H2,1H3,(H,18,19). The lowest BCUT2D eigenvalue weighted by Crippen LogP contribution is -2.29. The first-order valence-electron chi connectivity index (χ1n) is 6.91. The van der Waals surface area contributed by atoms with Gasteiger partial charge in [0.1, 0.15) is 28.9 Å². The van der Waals surface area contributed by atoms with Crippen LogP contribution >= 0.6 is 0 Å². The lowest BCUT2D eigenvalue weighted by atomic mass is 10.1. The van der Waals surface area contributed by atoms with Crippen molar-refractivity contribution in [2.24, 2.45) is 0 Å². The Kier molecular flexibility index (Phi) is 3.66. The van der Waals surface area contributed by atoms with E-state index < -0.39 is 5.97 Å². The molecular formula is C16H17NO4. The molecular weight excluding hydrogens is 270 g/mol. The number of carboxylic acid groups (broad SMARTS) is 1. The summed E-state index contributed by atoms with van der Waals surface area (Å²) < 4.78 is 11.2. The van der Waals surface area contributed by atoms with E-state index in [0.29, 0.717) is 24.6 Å². The molecule has 1 aromatic heterocycles. The van der Waals surface area contributed by atoms with Crippen LogP contribution in [0.2, 0.25) is 0 Å². The lowest BCUT2D eigenvalue weighted by molar-refractivity contribution is 0.0695. The minimum absolute atomic E-state index is 0.109. The van der Waals surface area contributed by atoms with Gasteiger partial charge in [-0.15, -0.1) is 0 Å². The number of ether oxygens (including phenoxy) is 1. The van der Waals surface area contributed by atoms with Crippen molar-refractivity contribution in [2.45, 2.75) is 26.0 Å². The second kappa shape index (κ2) is 5.61. The minimum atomic E-state index is -0.961. The van der Waals surface area contributed by atoms with E-state index in [1.165, 1.54) is 5.56 Å². The van der Waals surface area contributed by atoms with Crippen molar-refractivity contribution >= 4 is 5.97 Å². The van der Waals surface area contributed by atoms with Crippen molar-refractivity contribution in [3.8, 4) is 5.75 Å². The molecule has 0 radical (unpaired) electrons. The number of aromatic carboxylic acids is 1. The van der Waals surface area contributed by atoms with E-state index in [4.69, 9.17) is 14.3 Å². The summed E-state index contributed by atoms with van der Waals surface area (Å²) in [6, 6.07) is 9.59. The van der Waals surface area contributed by atoms with Gasteiger partial charge >= 0.3 is 5.97 Å². The third-order valence-corrected chi connectivity index (χ3v) is 3.58. The summed E-state index contributed by atoms with van der Waals surface area (Å²) in [5.74, 6) is 1.05. The highest BCUT2D eigenvalue weighted by atomic mass is 16.5. The number of para-hydroxylation sites is 1. The highest BCUT2D eigenvalue weighted by Crippen LogP contribution is 2.27. The van der Waals surface area contributed by atoms with Crippen molar-refractivity contribution in [2.75, 3.05) is 6.54 Å². The average Bonchev–Trinajstić information content (AvgIpc) is 3.01. The Labute approximate surface area is 122 Å². The van der Waals surface area contributed by atoms with E-state index in [1.54, 1.807) is 13.0 Å². The number of furan rings is 1. The number of nitrogens with one attached hydrogen (secondary N) is 1. The molecule has 0 spiro atoms. The van der Waals surface area contributed by atoms with Crippen LogP contribution in [0.15, 0.2) is 34.7 Å². The second-order valence-corrected chi connectivity index (χ2v) is 5.17. The molecule has 1 unspecified atom stereocenters. The first kappa shape index (κ1) is 13.7. The van der Waals surface area contributed by atoms with E-state index in [9.17, 15) is 4.79 Å². The zero-order chi connectivity index (χ0) is 14.8. The first-order chi connectivity index (χ1) is 10.1. The Morgan fingerprint density at radius 3 is 2.95 bits per heavy atom. The predicted molar refractivity (Wildman–Crippen MR) is 76.7 cm³/mol. The molecule has 1 aromatic carbocycles. The number of carboxylic acids is 1. The molecule has 2 aromatic rings. The van der Waals surface area contributed by atoms with Gasteiger partial charge in [0.25, 0.3) is 0 Å². The molecule has 0 amide bonds. The number of aryl methyl sites for hydroxylation is 1. The Balaban J connectivity index is 1.51. The van der Waals surface area contributed by atoms with Crippen molar-refractivity contribution in [3.05, 3.63) is 53.0 Å². The number of hydrogen-bond acceptors (Lipinski definition) is 4. The number of rotatable bonds is 5. The van der Waals surface area contributed by atoms with Gasteiger partial charge in [-0.05, 0) is 24.6 Å². The summed E-state index contributed by atoms with van der Waals surface area (Å²) in [6.07, 6.45) is 0.998. The van der Waals surface area contributed by atoms with Crippen LogP contribution in [-0.2, 0) is 13.0 Å². The SMILES string of the molecule is Cc1oc(CNCC2Cc3ccccc3O2)cc1C(=O)O. The van der Waals surface area contributed by atoms with E-state index in [1.807, 2.05) is 18.2 Å². The summed E-state index contributed by atoms with van der Waals surface area (Å²) in [4.78, 5) is 10.9. The molecule has 0 saturated heterocycles. The maximum atomic E-state index is 10.9. The molecule has 2 heterocycles. The zero-order valence-corrected chi connectivity index (χ0v) is 11.8. The van der Waals surface area contributed by atoms with E-state index in [-0.39, 0.29) is 11.7 Å². The van der Waals surface area contributed by atoms with Gasteiger partial charge < -0.3 is 19.6 Å². The molecule has 0 saturated carbocycles. The maximum Gasteiger partial charge on any atom is 0.339 e. The number of benzene rings is 1. The molecule has 3 rings (SSSR count). The van der Waals surface area contributed by atoms with Crippen molar-refractivity contribution in [3.63, 3.8) is 0 Å². The Morgan fingerprint density at radius 2 is 2.24 bits per heavy atom. The van der Waals surface area contributed by atoms with E-state index in [0.717, 1.165) is 12.2 Å². The van der Waals surface area contributed by atoms with Gasteiger partial charge in [0, 0.05) is 13.0 Å². The summed E-state index contributed by atoms with van der Waals surface area (Å²) in [7, 11) is 0. The highest BCUT2D eigenvalue weighted by molar-refractivity contribution is 5.88. The van der Waals surface area contributed by atoms with E-state index >= 15 is 0 Å². The number of fused-ring (bicyclic) bond motifs is 1. The quantitative estimate of drug-likeness (QED) is 0.883. The van der Waals surface area contributed by atoms with Crippen LogP contribution in [0.4, 0.5) is 0 Å². The fourth-order valence-electron chi connectivity index (χ4n) is 2.57. The third kappa shape index (κ3) is 2.92. The average molecular weight is 287 g/mol. The molecule has 2 N–H and O–H groups in total. The van der Waals surface area contributed by atoms with Gasteiger partial charge in [0.05, 0.1) is 6.54 Å². The van der Waals surface area contributed by atoms with Gasteiger partial charge in [-0.25, -0.2) is 4.79 Å². The molecule has 1 aliphatic rings. The monoisotopic (exact) mass is 287 g/mol. The normalized spacial score (nSPS) is 16.5. The van der Waals surface area contributed by atoms with Gasteiger partial charge in [-0.2, -0.15) is 0 Å². The van der Waals surface area contributed by atoms with Crippen LogP contribution in [-0.4, -0.2) is 23.7 Å². The van der Waals surface area contributed by atoms with Crippen LogP contribution in [0, 0.1) is 6.92 Å². The lowest BCUT2D eigenvalue weighted by Gasteiger charge is -2.10. The Bertz CT molecular complexity index is 637. The van der Waals surface area contributed by atoms with Crippen LogP contribution in [0.25, 0.3) is 0 Å². The summed E-state index contributed by atoms with van der Waals surface area (Å²) in [5, 5.41) is 12.2. The second-order valence-electron chi connectivity index (χ2n) is 5.17. The zero-order valence-electron chi connectivity index (χ0n) is 11.8. The molecule has 0 fully saturated rings. The van der Waals surface area contributed by atoms with Crippen LogP contribution in [0.1, 0.15) is 27.4 Å². The minimum Gasteiger partial charge on any atom is -0.488 e. The van der Waals surface area contributed by atoms with Gasteiger partial charge in [-0.3, -0.25) is 0 Å². The van der Waals surface area contributed by atoms with E-state index in [2.05, 4.69) is 11.4 Å². The molecule has 0 aliphatic carbocycles. The van der Waals surface area contributed by atoms with Crippen molar-refractivity contribution in [1.29, 1.82) is 0 Å².